The van der Waals surface area contributed by atoms with Crippen LogP contribution in [-0.2, 0) is 9.59 Å². The molecule has 0 aliphatic heterocycles. The van der Waals surface area contributed by atoms with E-state index in [1.165, 1.54) is 0 Å². The number of amides is 2. The SMILES string of the molecule is CC(C)(C)NC(=O)C1CC1C(=O)Nc1cccc(Cl)c1. The quantitative estimate of drug-likeness (QED) is 0.900. The zero-order chi connectivity index (χ0) is 14.9. The maximum Gasteiger partial charge on any atom is 0.228 e. The van der Waals surface area contributed by atoms with E-state index in [1.807, 2.05) is 20.8 Å². The molecule has 0 heterocycles. The van der Waals surface area contributed by atoms with Crippen LogP contribution in [0.2, 0.25) is 5.02 Å². The van der Waals surface area contributed by atoms with Gasteiger partial charge in [-0.25, -0.2) is 0 Å². The predicted molar refractivity (Wildman–Crippen MR) is 79.6 cm³/mol. The van der Waals surface area contributed by atoms with E-state index in [0.717, 1.165) is 0 Å². The highest BCUT2D eigenvalue weighted by molar-refractivity contribution is 6.30. The molecule has 0 saturated heterocycles. The second-order valence-corrected chi connectivity index (χ2v) is 6.62. The highest BCUT2D eigenvalue weighted by atomic mass is 35.5. The summed E-state index contributed by atoms with van der Waals surface area (Å²) in [5.74, 6) is -0.630. The minimum absolute atomic E-state index is 0.0521. The fourth-order valence-electron chi connectivity index (χ4n) is 2.04. The predicted octanol–water partition coefficient (Wildman–Crippen LogP) is 2.83. The molecule has 2 rings (SSSR count). The van der Waals surface area contributed by atoms with Crippen LogP contribution in [0.4, 0.5) is 5.69 Å². The van der Waals surface area contributed by atoms with E-state index in [1.54, 1.807) is 24.3 Å². The van der Waals surface area contributed by atoms with Crippen LogP contribution in [0.5, 0.6) is 0 Å². The third kappa shape index (κ3) is 3.97. The van der Waals surface area contributed by atoms with Gasteiger partial charge in [-0.2, -0.15) is 0 Å². The van der Waals surface area contributed by atoms with E-state index in [-0.39, 0.29) is 29.2 Å². The van der Waals surface area contributed by atoms with Gasteiger partial charge in [-0.15, -0.1) is 0 Å². The molecule has 1 aliphatic rings. The highest BCUT2D eigenvalue weighted by Gasteiger charge is 2.48. The Labute approximate surface area is 123 Å². The summed E-state index contributed by atoms with van der Waals surface area (Å²) in [6.07, 6.45) is 0.605. The molecular weight excluding hydrogens is 276 g/mol. The molecule has 1 aromatic rings. The number of carbonyl (C=O) groups excluding carboxylic acids is 2. The third-order valence-corrected chi connectivity index (χ3v) is 3.29. The van der Waals surface area contributed by atoms with E-state index >= 15 is 0 Å². The number of anilines is 1. The lowest BCUT2D eigenvalue weighted by Crippen LogP contribution is -2.42. The number of hydrogen-bond donors (Lipinski definition) is 2. The van der Waals surface area contributed by atoms with E-state index in [2.05, 4.69) is 10.6 Å². The molecule has 0 bridgehead atoms. The van der Waals surface area contributed by atoms with Gasteiger partial charge < -0.3 is 10.6 Å². The minimum Gasteiger partial charge on any atom is -0.351 e. The van der Waals surface area contributed by atoms with Crippen LogP contribution in [0, 0.1) is 11.8 Å². The average Bonchev–Trinajstić information content (AvgIpc) is 3.06. The standard InChI is InChI=1S/C15H19ClN2O2/c1-15(2,3)18-14(20)12-8-11(12)13(19)17-10-6-4-5-9(16)7-10/h4-7,11-12H,8H2,1-3H3,(H,17,19)(H,18,20). The summed E-state index contributed by atoms with van der Waals surface area (Å²) in [6.45, 7) is 5.77. The fourth-order valence-corrected chi connectivity index (χ4v) is 2.23. The van der Waals surface area contributed by atoms with Gasteiger partial charge in [0, 0.05) is 16.2 Å². The number of benzene rings is 1. The van der Waals surface area contributed by atoms with Crippen LogP contribution in [0.25, 0.3) is 0 Å². The van der Waals surface area contributed by atoms with Crippen LogP contribution < -0.4 is 10.6 Å². The van der Waals surface area contributed by atoms with Crippen molar-refractivity contribution < 1.29 is 9.59 Å². The molecule has 108 valence electrons. The van der Waals surface area contributed by atoms with Gasteiger partial charge in [0.2, 0.25) is 11.8 Å². The second-order valence-electron chi connectivity index (χ2n) is 6.19. The average molecular weight is 295 g/mol. The number of hydrogen-bond acceptors (Lipinski definition) is 2. The van der Waals surface area contributed by atoms with Gasteiger partial charge in [0.25, 0.3) is 0 Å². The Hall–Kier alpha value is -1.55. The molecule has 20 heavy (non-hydrogen) atoms. The van der Waals surface area contributed by atoms with E-state index in [4.69, 9.17) is 11.6 Å². The van der Waals surface area contributed by atoms with Crippen molar-refractivity contribution in [2.75, 3.05) is 5.32 Å². The number of nitrogens with one attached hydrogen (secondary N) is 2. The Kier molecular flexibility index (Phi) is 4.04. The molecule has 1 aliphatic carbocycles. The van der Waals surface area contributed by atoms with Crippen molar-refractivity contribution in [1.29, 1.82) is 0 Å². The molecule has 2 N–H and O–H groups in total. The molecule has 5 heteroatoms. The maximum atomic E-state index is 12.0. The molecule has 1 fully saturated rings. The zero-order valence-corrected chi connectivity index (χ0v) is 12.6. The molecule has 0 radical (unpaired) electrons. The van der Waals surface area contributed by atoms with Crippen molar-refractivity contribution in [3.63, 3.8) is 0 Å². The summed E-state index contributed by atoms with van der Waals surface area (Å²) in [6, 6.07) is 6.98. The van der Waals surface area contributed by atoms with Gasteiger partial charge in [-0.3, -0.25) is 9.59 Å². The Morgan fingerprint density at radius 3 is 2.45 bits per heavy atom. The topological polar surface area (TPSA) is 58.2 Å². The van der Waals surface area contributed by atoms with Crippen molar-refractivity contribution in [1.82, 2.24) is 5.32 Å². The van der Waals surface area contributed by atoms with Gasteiger partial charge in [-0.1, -0.05) is 17.7 Å². The van der Waals surface area contributed by atoms with E-state index in [9.17, 15) is 9.59 Å². The summed E-state index contributed by atoms with van der Waals surface area (Å²) >= 11 is 5.86. The normalized spacial score (nSPS) is 21.2. The van der Waals surface area contributed by atoms with Crippen molar-refractivity contribution in [3.8, 4) is 0 Å². The molecule has 2 unspecified atom stereocenters. The molecule has 0 aromatic heterocycles. The zero-order valence-electron chi connectivity index (χ0n) is 11.9. The highest BCUT2D eigenvalue weighted by Crippen LogP contribution is 2.40. The second kappa shape index (κ2) is 5.44. The van der Waals surface area contributed by atoms with E-state index < -0.39 is 0 Å². The largest absolute Gasteiger partial charge is 0.351 e. The lowest BCUT2D eigenvalue weighted by molar-refractivity contribution is -0.126. The Morgan fingerprint density at radius 1 is 1.20 bits per heavy atom. The monoisotopic (exact) mass is 294 g/mol. The fraction of sp³-hybridized carbons (Fsp3) is 0.467. The number of rotatable bonds is 3. The molecule has 0 spiro atoms. The van der Waals surface area contributed by atoms with Crippen LogP contribution in [0.3, 0.4) is 0 Å². The van der Waals surface area contributed by atoms with E-state index in [0.29, 0.717) is 17.1 Å². The van der Waals surface area contributed by atoms with Crippen LogP contribution in [0.15, 0.2) is 24.3 Å². The van der Waals surface area contributed by atoms with Gasteiger partial charge in [0.1, 0.15) is 0 Å². The van der Waals surface area contributed by atoms with Crippen molar-refractivity contribution in [3.05, 3.63) is 29.3 Å². The summed E-state index contributed by atoms with van der Waals surface area (Å²) in [5.41, 5.74) is 0.387. The van der Waals surface area contributed by atoms with Gasteiger partial charge in [0.05, 0.1) is 11.8 Å². The van der Waals surface area contributed by atoms with Crippen LogP contribution in [-0.4, -0.2) is 17.4 Å². The molecule has 2 atom stereocenters. The van der Waals surface area contributed by atoms with Gasteiger partial charge in [-0.05, 0) is 45.4 Å². The van der Waals surface area contributed by atoms with Gasteiger partial charge in [0.15, 0.2) is 0 Å². The lowest BCUT2D eigenvalue weighted by atomic mass is 10.1. The van der Waals surface area contributed by atoms with Gasteiger partial charge >= 0.3 is 0 Å². The first-order valence-corrected chi connectivity index (χ1v) is 7.02. The Balaban J connectivity index is 1.89. The first-order valence-electron chi connectivity index (χ1n) is 6.65. The van der Waals surface area contributed by atoms with Crippen molar-refractivity contribution in [2.45, 2.75) is 32.7 Å². The smallest absolute Gasteiger partial charge is 0.228 e. The summed E-state index contributed by atoms with van der Waals surface area (Å²) in [5, 5.41) is 6.26. The Bertz CT molecular complexity index is 537. The van der Waals surface area contributed by atoms with Crippen LogP contribution >= 0.6 is 11.6 Å². The molecule has 1 aromatic carbocycles. The minimum atomic E-state index is -0.270. The lowest BCUT2D eigenvalue weighted by Gasteiger charge is -2.20. The first-order chi connectivity index (χ1) is 9.26. The molecule has 4 nitrogen and oxygen atoms in total. The van der Waals surface area contributed by atoms with Crippen molar-refractivity contribution >= 4 is 29.1 Å². The molecular formula is C15H19ClN2O2. The number of halogens is 1. The summed E-state index contributed by atoms with van der Waals surface area (Å²) in [4.78, 5) is 24.0. The number of carbonyl (C=O) groups is 2. The Morgan fingerprint density at radius 2 is 1.85 bits per heavy atom. The molecule has 1 saturated carbocycles. The van der Waals surface area contributed by atoms with Crippen LogP contribution in [0.1, 0.15) is 27.2 Å². The summed E-state index contributed by atoms with van der Waals surface area (Å²) in [7, 11) is 0. The third-order valence-electron chi connectivity index (χ3n) is 3.05. The summed E-state index contributed by atoms with van der Waals surface area (Å²) < 4.78 is 0. The molecule has 2 amide bonds. The first kappa shape index (κ1) is 14.9. The maximum absolute atomic E-state index is 12.0. The van der Waals surface area contributed by atoms with Crippen molar-refractivity contribution in [2.24, 2.45) is 11.8 Å².